The molecule has 0 saturated heterocycles. The highest BCUT2D eigenvalue weighted by atomic mass is 19.4. The molecule has 0 bridgehead atoms. The van der Waals surface area contributed by atoms with Gasteiger partial charge in [-0.2, -0.15) is 13.2 Å². The maximum absolute atomic E-state index is 13.2. The van der Waals surface area contributed by atoms with Crippen LogP contribution >= 0.6 is 0 Å². The fourth-order valence-electron chi connectivity index (χ4n) is 2.01. The molecule has 0 atom stereocenters. The Morgan fingerprint density at radius 1 is 0.963 bits per heavy atom. The van der Waals surface area contributed by atoms with Gasteiger partial charge >= 0.3 is 18.1 Å². The molecule has 6 nitrogen and oxygen atoms in total. The van der Waals surface area contributed by atoms with Crippen molar-refractivity contribution in [2.45, 2.75) is 6.18 Å². The molecule has 0 spiro atoms. The van der Waals surface area contributed by atoms with E-state index in [1.807, 2.05) is 0 Å². The molecule has 3 N–H and O–H groups in total. The number of carboxylic acids is 2. The first-order chi connectivity index (χ1) is 12.7. The van der Waals surface area contributed by atoms with Gasteiger partial charge in [-0.15, -0.1) is 0 Å². The van der Waals surface area contributed by atoms with E-state index in [-0.39, 0.29) is 22.5 Å². The predicted molar refractivity (Wildman–Crippen MR) is 92.7 cm³/mol. The van der Waals surface area contributed by atoms with Crippen LogP contribution in [0, 0.1) is 0 Å². The number of benzene rings is 2. The Morgan fingerprint density at radius 2 is 1.56 bits per heavy atom. The summed E-state index contributed by atoms with van der Waals surface area (Å²) in [6.45, 7) is 0. The molecule has 2 rings (SSSR count). The summed E-state index contributed by atoms with van der Waals surface area (Å²) in [6.07, 6.45) is -3.20. The van der Waals surface area contributed by atoms with E-state index in [1.54, 1.807) is 0 Å². The molecule has 0 aromatic heterocycles. The quantitative estimate of drug-likeness (QED) is 0.650. The average molecular weight is 378 g/mol. The number of rotatable bonds is 6. The van der Waals surface area contributed by atoms with Gasteiger partial charge < -0.3 is 15.5 Å². The van der Waals surface area contributed by atoms with E-state index in [4.69, 9.17) is 10.2 Å². The molecule has 2 aromatic carbocycles. The highest BCUT2D eigenvalue weighted by Gasteiger charge is 2.33. The normalized spacial score (nSPS) is 12.2. The highest BCUT2D eigenvalue weighted by molar-refractivity contribution is 5.89. The Labute approximate surface area is 151 Å². The zero-order valence-electron chi connectivity index (χ0n) is 13.6. The number of halogens is 3. The molecule has 0 amide bonds. The number of carboxylic acid groups (broad SMARTS) is 2. The van der Waals surface area contributed by atoms with Gasteiger partial charge in [0, 0.05) is 11.9 Å². The van der Waals surface area contributed by atoms with E-state index in [0.29, 0.717) is 6.08 Å². The van der Waals surface area contributed by atoms with Crippen LogP contribution in [0.3, 0.4) is 0 Å². The lowest BCUT2D eigenvalue weighted by atomic mass is 10.2. The topological polar surface area (TPSA) is 99.0 Å². The molecular weight excluding hydrogens is 365 g/mol. The molecule has 140 valence electrons. The maximum atomic E-state index is 13.2. The van der Waals surface area contributed by atoms with Gasteiger partial charge in [0.1, 0.15) is 5.70 Å². The van der Waals surface area contributed by atoms with Crippen LogP contribution in [-0.2, 0) is 0 Å². The summed E-state index contributed by atoms with van der Waals surface area (Å²) in [6, 6.07) is 10.3. The van der Waals surface area contributed by atoms with Gasteiger partial charge in [-0.3, -0.25) is 4.99 Å². The van der Waals surface area contributed by atoms with Crippen LogP contribution < -0.4 is 5.32 Å². The van der Waals surface area contributed by atoms with Crippen molar-refractivity contribution in [3.8, 4) is 0 Å². The molecule has 0 fully saturated rings. The van der Waals surface area contributed by atoms with Crippen LogP contribution in [-0.4, -0.2) is 34.5 Å². The molecule has 0 radical (unpaired) electrons. The summed E-state index contributed by atoms with van der Waals surface area (Å²) in [5, 5.41) is 19.9. The van der Waals surface area contributed by atoms with Gasteiger partial charge in [-0.1, -0.05) is 12.1 Å². The lowest BCUT2D eigenvalue weighted by molar-refractivity contribution is -0.0901. The second-order valence-corrected chi connectivity index (χ2v) is 5.22. The number of nitrogens with zero attached hydrogens (tertiary/aromatic N) is 1. The summed E-state index contributed by atoms with van der Waals surface area (Å²) in [5.74, 6) is -2.45. The third-order valence-electron chi connectivity index (χ3n) is 3.25. The predicted octanol–water partition coefficient (Wildman–Crippen LogP) is 4.34. The summed E-state index contributed by atoms with van der Waals surface area (Å²) < 4.78 is 39.5. The van der Waals surface area contributed by atoms with Crippen molar-refractivity contribution in [1.82, 2.24) is 0 Å². The summed E-state index contributed by atoms with van der Waals surface area (Å²) >= 11 is 0. The fraction of sp³-hybridized carbons (Fsp3) is 0.0556. The molecule has 0 heterocycles. The van der Waals surface area contributed by atoms with Gasteiger partial charge in [0.05, 0.1) is 16.8 Å². The minimum absolute atomic E-state index is 0.0479. The van der Waals surface area contributed by atoms with E-state index in [9.17, 15) is 22.8 Å². The number of anilines is 1. The first-order valence-corrected chi connectivity index (χ1v) is 7.42. The summed E-state index contributed by atoms with van der Waals surface area (Å²) in [5.41, 5.74) is -1.27. The Balaban J connectivity index is 2.26. The molecule has 0 unspecified atom stereocenters. The van der Waals surface area contributed by atoms with Crippen LogP contribution in [0.5, 0.6) is 0 Å². The first kappa shape index (κ1) is 19.7. The molecule has 2 aromatic rings. The zero-order valence-corrected chi connectivity index (χ0v) is 13.6. The SMILES string of the molecule is O=C(O)c1cccc(N=C/C=C(/Nc2cccc(C(=O)O)c2)C(F)(F)F)c1. The second kappa shape index (κ2) is 8.17. The Kier molecular flexibility index (Phi) is 5.96. The molecule has 0 saturated carbocycles. The van der Waals surface area contributed by atoms with E-state index < -0.39 is 23.8 Å². The number of nitrogens with one attached hydrogen (secondary N) is 1. The minimum atomic E-state index is -4.74. The molecule has 9 heteroatoms. The smallest absolute Gasteiger partial charge is 0.431 e. The van der Waals surface area contributed by atoms with Gasteiger partial charge in [0.25, 0.3) is 0 Å². The van der Waals surface area contributed by atoms with Gasteiger partial charge in [0.15, 0.2) is 0 Å². The van der Waals surface area contributed by atoms with Crippen molar-refractivity contribution in [2.24, 2.45) is 4.99 Å². The van der Waals surface area contributed by atoms with Crippen molar-refractivity contribution in [3.05, 3.63) is 71.4 Å². The number of hydrogen-bond donors (Lipinski definition) is 3. The van der Waals surface area contributed by atoms with Gasteiger partial charge in [0.2, 0.25) is 0 Å². The lowest BCUT2D eigenvalue weighted by Gasteiger charge is -2.14. The average Bonchev–Trinajstić information content (AvgIpc) is 2.60. The number of alkyl halides is 3. The second-order valence-electron chi connectivity index (χ2n) is 5.22. The monoisotopic (exact) mass is 378 g/mol. The van der Waals surface area contributed by atoms with Crippen LogP contribution in [0.1, 0.15) is 20.7 Å². The van der Waals surface area contributed by atoms with Crippen LogP contribution in [0.2, 0.25) is 0 Å². The fourth-order valence-corrected chi connectivity index (χ4v) is 2.01. The maximum Gasteiger partial charge on any atom is 0.431 e. The minimum Gasteiger partial charge on any atom is -0.478 e. The van der Waals surface area contributed by atoms with Crippen LogP contribution in [0.25, 0.3) is 0 Å². The molecule has 0 aliphatic carbocycles. The van der Waals surface area contributed by atoms with Gasteiger partial charge in [-0.05, 0) is 42.5 Å². The van der Waals surface area contributed by atoms with E-state index in [2.05, 4.69) is 10.3 Å². The number of aromatic carboxylic acids is 2. The lowest BCUT2D eigenvalue weighted by Crippen LogP contribution is -2.19. The largest absolute Gasteiger partial charge is 0.478 e. The molecule has 0 aliphatic heterocycles. The molecular formula is C18H13F3N2O4. The molecule has 0 aliphatic rings. The number of hydrogen-bond acceptors (Lipinski definition) is 4. The zero-order chi connectivity index (χ0) is 20.0. The first-order valence-electron chi connectivity index (χ1n) is 7.42. The van der Waals surface area contributed by atoms with E-state index in [1.165, 1.54) is 42.5 Å². The number of allylic oxidation sites excluding steroid dienone is 2. The Morgan fingerprint density at radius 3 is 2.15 bits per heavy atom. The summed E-state index contributed by atoms with van der Waals surface area (Å²) in [7, 11) is 0. The third-order valence-corrected chi connectivity index (χ3v) is 3.25. The molecule has 27 heavy (non-hydrogen) atoms. The van der Waals surface area contributed by atoms with Crippen LogP contribution in [0.4, 0.5) is 24.5 Å². The van der Waals surface area contributed by atoms with Crippen molar-refractivity contribution in [1.29, 1.82) is 0 Å². The van der Waals surface area contributed by atoms with Crippen molar-refractivity contribution in [3.63, 3.8) is 0 Å². The van der Waals surface area contributed by atoms with E-state index >= 15 is 0 Å². The Hall–Kier alpha value is -3.62. The van der Waals surface area contributed by atoms with Crippen molar-refractivity contribution >= 4 is 29.5 Å². The Bertz CT molecular complexity index is 921. The van der Waals surface area contributed by atoms with Crippen molar-refractivity contribution in [2.75, 3.05) is 5.32 Å². The van der Waals surface area contributed by atoms with E-state index in [0.717, 1.165) is 12.3 Å². The number of aliphatic imine (C=N–C) groups is 1. The number of carbonyl (C=O) groups is 2. The standard InChI is InChI=1S/C18H13F3N2O4/c19-18(20,21)15(23-14-6-2-4-12(10-14)17(26)27)7-8-22-13-5-1-3-11(9-13)16(24)25/h1-10,23H,(H,24,25)(H,26,27)/b15-7+,22-8?. The van der Waals surface area contributed by atoms with Crippen LogP contribution in [0.15, 0.2) is 65.3 Å². The third kappa shape index (κ3) is 5.70. The van der Waals surface area contributed by atoms with Gasteiger partial charge in [-0.25, -0.2) is 9.59 Å². The van der Waals surface area contributed by atoms with Crippen molar-refractivity contribution < 1.29 is 33.0 Å². The summed E-state index contributed by atoms with van der Waals surface area (Å²) in [4.78, 5) is 25.6. The highest BCUT2D eigenvalue weighted by Crippen LogP contribution is 2.27.